The molecular weight excluding hydrogens is 741 g/mol. The lowest BCUT2D eigenvalue weighted by molar-refractivity contribution is -0.270. The summed E-state index contributed by atoms with van der Waals surface area (Å²) < 4.78 is 17.7. The van der Waals surface area contributed by atoms with Gasteiger partial charge in [0.25, 0.3) is 0 Å². The molecule has 5 aliphatic carbocycles. The number of esters is 4. The summed E-state index contributed by atoms with van der Waals surface area (Å²) in [6, 6.07) is 0. The van der Waals surface area contributed by atoms with Crippen molar-refractivity contribution >= 4 is 35.8 Å². The van der Waals surface area contributed by atoms with E-state index in [4.69, 9.17) is 19.3 Å². The molecule has 0 radical (unpaired) electrons. The lowest BCUT2D eigenvalue weighted by Gasteiger charge is -2.73. The topological polar surface area (TPSA) is 171 Å². The molecule has 2 aliphatic heterocycles. The first kappa shape index (κ1) is 44.5. The smallest absolute Gasteiger partial charge is 0.318 e. The first-order valence-corrected chi connectivity index (χ1v) is 22.8. The van der Waals surface area contributed by atoms with Gasteiger partial charge in [-0.2, -0.15) is 0 Å². The molecule has 1 spiro atoms. The van der Waals surface area contributed by atoms with Crippen molar-refractivity contribution in [3.63, 3.8) is 0 Å². The van der Waals surface area contributed by atoms with Crippen LogP contribution in [-0.2, 0) is 43.0 Å². The predicted molar refractivity (Wildman–Crippen MR) is 215 cm³/mol. The number of cyclic esters (lactones) is 4. The van der Waals surface area contributed by atoms with E-state index in [1.54, 1.807) is 0 Å². The van der Waals surface area contributed by atoms with Crippen molar-refractivity contribution in [3.05, 3.63) is 12.2 Å². The second kappa shape index (κ2) is 18.3. The summed E-state index contributed by atoms with van der Waals surface area (Å²) in [6.45, 7) is 11.2. The number of hydrogen-bond donors (Lipinski definition) is 2. The van der Waals surface area contributed by atoms with Gasteiger partial charge in [-0.1, -0.05) is 84.8 Å². The van der Waals surface area contributed by atoms with E-state index in [-0.39, 0.29) is 71.8 Å². The second-order valence-electron chi connectivity index (χ2n) is 20.0. The molecule has 2 heterocycles. The Morgan fingerprint density at radius 1 is 0.879 bits per heavy atom. The number of aliphatic carboxylic acids is 2. The van der Waals surface area contributed by atoms with Gasteiger partial charge in [0.05, 0.1) is 42.3 Å². The van der Waals surface area contributed by atoms with E-state index in [1.165, 1.54) is 0 Å². The molecule has 7 rings (SSSR count). The number of fused-ring (bicyclic) bond motifs is 2. The summed E-state index contributed by atoms with van der Waals surface area (Å²) in [4.78, 5) is 76.5. The summed E-state index contributed by atoms with van der Waals surface area (Å²) >= 11 is 0. The molecule has 0 aromatic carbocycles. The summed E-state index contributed by atoms with van der Waals surface area (Å²) in [5, 5.41) is 19.6. The molecule has 2 N–H and O–H groups in total. The summed E-state index contributed by atoms with van der Waals surface area (Å²) in [7, 11) is 0. The van der Waals surface area contributed by atoms with Crippen LogP contribution in [-0.4, -0.2) is 58.7 Å². The summed E-state index contributed by atoms with van der Waals surface area (Å²) in [6.07, 6.45) is 18.3. The number of rotatable bonds is 21. The molecule has 11 nitrogen and oxygen atoms in total. The minimum atomic E-state index is -0.847. The number of unbranched alkanes of at least 4 members (excludes halogenated alkanes) is 6. The van der Waals surface area contributed by atoms with Gasteiger partial charge in [0.1, 0.15) is 0 Å². The van der Waals surface area contributed by atoms with Crippen LogP contribution in [0.15, 0.2) is 12.2 Å². The zero-order chi connectivity index (χ0) is 42.0. The Bertz CT molecular complexity index is 1590. The standard InChI is InChI=1S/C47H70O11/c1-6-7-12-16-29(31-26-37(50)57-41(31)51)19-20-30(17-13-10-8-9-11-14-18-36(48)49)56-27-33-38(28(2)3)32-25-35-45(4)22-15-23-46(5,44(54)55)34(45)21-24-47(33,35)40-39(32)42(52)58-43(40)53/h12,16,28-35,38-40H,6-11,13-15,17-27H2,1-5H3,(H,48,49)(H,54,55)/b16-12+. The van der Waals surface area contributed by atoms with Crippen LogP contribution in [0, 0.1) is 75.4 Å². The van der Waals surface area contributed by atoms with E-state index < -0.39 is 58.4 Å². The van der Waals surface area contributed by atoms with Gasteiger partial charge in [-0.05, 0) is 123 Å². The van der Waals surface area contributed by atoms with Gasteiger partial charge in [0, 0.05) is 6.42 Å². The quantitative estimate of drug-likeness (QED) is 0.0491. The fourth-order valence-electron chi connectivity index (χ4n) is 14.1. The highest BCUT2D eigenvalue weighted by Gasteiger charge is 2.77. The third kappa shape index (κ3) is 8.32. The molecule has 13 atom stereocenters. The first-order valence-electron chi connectivity index (χ1n) is 22.8. The van der Waals surface area contributed by atoms with Crippen molar-refractivity contribution in [1.29, 1.82) is 0 Å². The maximum Gasteiger partial charge on any atom is 0.318 e. The summed E-state index contributed by atoms with van der Waals surface area (Å²) in [5.41, 5.74) is -1.71. The molecule has 0 aromatic rings. The van der Waals surface area contributed by atoms with Gasteiger partial charge in [0.15, 0.2) is 0 Å². The lowest BCUT2D eigenvalue weighted by atomic mass is 9.30. The minimum absolute atomic E-state index is 0.0221. The molecule has 2 saturated heterocycles. The largest absolute Gasteiger partial charge is 0.481 e. The van der Waals surface area contributed by atoms with Gasteiger partial charge < -0.3 is 24.4 Å². The zero-order valence-corrected chi connectivity index (χ0v) is 35.7. The second-order valence-corrected chi connectivity index (χ2v) is 20.0. The van der Waals surface area contributed by atoms with E-state index >= 15 is 0 Å². The highest BCUT2D eigenvalue weighted by molar-refractivity contribution is 5.98. The summed E-state index contributed by atoms with van der Waals surface area (Å²) in [5.74, 6) is -4.65. The fourth-order valence-corrected chi connectivity index (χ4v) is 14.1. The SMILES string of the molecule is CCC/C=C/C(CCC(CCCCCCCCC(=O)O)OCC1C(C(C)C)C2CC3C4(C)CCCC(C)(C(=O)O)C4CCC13C1C(=O)OC(=O)C21)C1CC(=O)OC1=O. The monoisotopic (exact) mass is 810 g/mol. The average molecular weight is 811 g/mol. The maximum absolute atomic E-state index is 14.0. The molecule has 5 saturated carbocycles. The van der Waals surface area contributed by atoms with Crippen LogP contribution in [0.25, 0.3) is 0 Å². The number of carbonyl (C=O) groups excluding carboxylic acids is 4. The van der Waals surface area contributed by atoms with Crippen LogP contribution in [0.2, 0.25) is 0 Å². The molecule has 2 bridgehead atoms. The number of allylic oxidation sites excluding steroid dienone is 2. The van der Waals surface area contributed by atoms with E-state index in [0.717, 1.165) is 70.6 Å². The Balaban J connectivity index is 1.28. The average Bonchev–Trinajstić information content (AvgIpc) is 3.67. The van der Waals surface area contributed by atoms with Gasteiger partial charge in [-0.15, -0.1) is 0 Å². The first-order chi connectivity index (χ1) is 27.6. The lowest BCUT2D eigenvalue weighted by Crippen LogP contribution is -2.71. The fraction of sp³-hybridized carbons (Fsp3) is 0.830. The van der Waals surface area contributed by atoms with Crippen molar-refractivity contribution in [3.8, 4) is 0 Å². The van der Waals surface area contributed by atoms with Gasteiger partial charge >= 0.3 is 35.8 Å². The van der Waals surface area contributed by atoms with Crippen molar-refractivity contribution in [2.24, 2.45) is 75.4 Å². The zero-order valence-electron chi connectivity index (χ0n) is 35.7. The normalized spacial score (nSPS) is 37.7. The number of ether oxygens (including phenoxy) is 3. The minimum Gasteiger partial charge on any atom is -0.481 e. The third-order valence-electron chi connectivity index (χ3n) is 16.6. The third-order valence-corrected chi connectivity index (χ3v) is 16.6. The number of carboxylic acid groups (broad SMARTS) is 2. The van der Waals surface area contributed by atoms with Crippen LogP contribution in [0.5, 0.6) is 0 Å². The Morgan fingerprint density at radius 2 is 1.60 bits per heavy atom. The van der Waals surface area contributed by atoms with Crippen LogP contribution in [0.1, 0.15) is 157 Å². The van der Waals surface area contributed by atoms with E-state index in [1.807, 2.05) is 6.92 Å². The van der Waals surface area contributed by atoms with Crippen molar-refractivity contribution in [1.82, 2.24) is 0 Å². The van der Waals surface area contributed by atoms with E-state index in [0.29, 0.717) is 45.1 Å². The Morgan fingerprint density at radius 3 is 2.26 bits per heavy atom. The van der Waals surface area contributed by atoms with Crippen LogP contribution < -0.4 is 0 Å². The van der Waals surface area contributed by atoms with Crippen LogP contribution in [0.4, 0.5) is 0 Å². The van der Waals surface area contributed by atoms with Crippen LogP contribution >= 0.6 is 0 Å². The Labute approximate surface area is 345 Å². The molecule has 7 aliphatic rings. The van der Waals surface area contributed by atoms with Gasteiger partial charge in [-0.3, -0.25) is 28.8 Å². The van der Waals surface area contributed by atoms with Crippen molar-refractivity contribution < 1.29 is 53.2 Å². The highest BCUT2D eigenvalue weighted by atomic mass is 16.6. The van der Waals surface area contributed by atoms with Gasteiger partial charge in [0.2, 0.25) is 0 Å². The molecular formula is C47H70O11. The predicted octanol–water partition coefficient (Wildman–Crippen LogP) is 8.95. The number of hydrogen-bond acceptors (Lipinski definition) is 9. The molecule has 324 valence electrons. The molecule has 58 heavy (non-hydrogen) atoms. The molecule has 11 heteroatoms. The maximum atomic E-state index is 14.0. The van der Waals surface area contributed by atoms with Crippen molar-refractivity contribution in [2.45, 2.75) is 163 Å². The Kier molecular flexibility index (Phi) is 14.0. The molecule has 7 fully saturated rings. The molecule has 0 aromatic heterocycles. The van der Waals surface area contributed by atoms with E-state index in [9.17, 15) is 33.9 Å². The van der Waals surface area contributed by atoms with Gasteiger partial charge in [-0.25, -0.2) is 0 Å². The molecule has 13 unspecified atom stereocenters. The Hall–Kier alpha value is -3.08. The highest BCUT2D eigenvalue weighted by Crippen LogP contribution is 2.77. The van der Waals surface area contributed by atoms with Crippen LogP contribution in [0.3, 0.4) is 0 Å². The number of carbonyl (C=O) groups is 6. The molecule has 0 amide bonds. The van der Waals surface area contributed by atoms with E-state index in [2.05, 4.69) is 39.8 Å². The number of carboxylic acids is 2. The van der Waals surface area contributed by atoms with Crippen molar-refractivity contribution in [2.75, 3.05) is 6.61 Å².